The molecule has 0 bridgehead atoms. The first-order valence-corrected chi connectivity index (χ1v) is 15.3. The van der Waals surface area contributed by atoms with Crippen LogP contribution in [0.4, 0.5) is 16.2 Å². The van der Waals surface area contributed by atoms with Crippen molar-refractivity contribution in [3.8, 4) is 0 Å². The topological polar surface area (TPSA) is 23.6 Å². The van der Waals surface area contributed by atoms with Crippen LogP contribution in [0.1, 0.15) is 0 Å². The Morgan fingerprint density at radius 3 is 1.29 bits per heavy atom. The minimum atomic E-state index is -1.81. The standard InChI is InChI=1S/C19H28N2OSi2/c1-23(2,3)21(24(4,5)6)19(22)20(17-13-9-7-10-14-17)18-15-11-8-12-16-18/h7-16H,1-6H3. The number of nitrogens with zero attached hydrogens (tertiary/aromatic N) is 2. The van der Waals surface area contributed by atoms with Crippen LogP contribution >= 0.6 is 0 Å². The first-order valence-electron chi connectivity index (χ1n) is 8.37. The third-order valence-electron chi connectivity index (χ3n) is 3.75. The van der Waals surface area contributed by atoms with Gasteiger partial charge in [-0.1, -0.05) is 75.7 Å². The van der Waals surface area contributed by atoms with Gasteiger partial charge in [0.15, 0.2) is 0 Å². The first kappa shape index (κ1) is 18.5. The molecule has 0 aliphatic heterocycles. The van der Waals surface area contributed by atoms with E-state index in [4.69, 9.17) is 0 Å². The molecule has 2 aromatic rings. The molecule has 2 aromatic carbocycles. The van der Waals surface area contributed by atoms with Crippen molar-refractivity contribution in [2.24, 2.45) is 0 Å². The molecule has 0 fully saturated rings. The van der Waals surface area contributed by atoms with Crippen LogP contribution in [0.5, 0.6) is 0 Å². The van der Waals surface area contributed by atoms with E-state index in [2.05, 4.69) is 43.5 Å². The molecule has 0 aliphatic rings. The molecule has 3 nitrogen and oxygen atoms in total. The second kappa shape index (κ2) is 6.95. The van der Waals surface area contributed by atoms with Crippen LogP contribution in [0.15, 0.2) is 60.7 Å². The largest absolute Gasteiger partial charge is 0.378 e. The maximum Gasteiger partial charge on any atom is 0.313 e. The van der Waals surface area contributed by atoms with Crippen molar-refractivity contribution < 1.29 is 4.79 Å². The Bertz CT molecular complexity index is 623. The van der Waals surface area contributed by atoms with Gasteiger partial charge in [0, 0.05) is 0 Å². The summed E-state index contributed by atoms with van der Waals surface area (Å²) in [6, 6.07) is 20.0. The number of para-hydroxylation sites is 2. The molecule has 0 atom stereocenters. The summed E-state index contributed by atoms with van der Waals surface area (Å²) < 4.78 is 2.22. The summed E-state index contributed by atoms with van der Waals surface area (Å²) in [6.07, 6.45) is 0. The first-order chi connectivity index (χ1) is 11.1. The van der Waals surface area contributed by atoms with Crippen molar-refractivity contribution >= 4 is 33.9 Å². The molecule has 0 spiro atoms. The fourth-order valence-electron chi connectivity index (χ4n) is 3.20. The number of anilines is 2. The lowest BCUT2D eigenvalue weighted by Crippen LogP contribution is -2.64. The van der Waals surface area contributed by atoms with Gasteiger partial charge in [-0.15, -0.1) is 0 Å². The average Bonchev–Trinajstić information content (AvgIpc) is 2.46. The van der Waals surface area contributed by atoms with Crippen LogP contribution in [-0.2, 0) is 0 Å². The predicted molar refractivity (Wildman–Crippen MR) is 109 cm³/mol. The molecule has 0 N–H and O–H groups in total. The Morgan fingerprint density at radius 1 is 0.667 bits per heavy atom. The summed E-state index contributed by atoms with van der Waals surface area (Å²) in [7, 11) is -3.62. The number of carbonyl (C=O) groups excluding carboxylic acids is 1. The van der Waals surface area contributed by atoms with Crippen LogP contribution in [0.3, 0.4) is 0 Å². The quantitative estimate of drug-likeness (QED) is 0.624. The highest BCUT2D eigenvalue weighted by molar-refractivity contribution is 6.92. The fourth-order valence-corrected chi connectivity index (χ4v) is 12.6. The minimum Gasteiger partial charge on any atom is -0.378 e. The zero-order valence-corrected chi connectivity index (χ0v) is 17.6. The molecule has 0 radical (unpaired) electrons. The van der Waals surface area contributed by atoms with Crippen LogP contribution in [-0.4, -0.2) is 26.7 Å². The second-order valence-electron chi connectivity index (χ2n) is 7.97. The highest BCUT2D eigenvalue weighted by Crippen LogP contribution is 2.30. The fraction of sp³-hybridized carbons (Fsp3) is 0.316. The highest BCUT2D eigenvalue weighted by Gasteiger charge is 2.40. The van der Waals surface area contributed by atoms with Gasteiger partial charge >= 0.3 is 6.03 Å². The zero-order valence-electron chi connectivity index (χ0n) is 15.6. The van der Waals surface area contributed by atoms with Crippen molar-refractivity contribution in [1.82, 2.24) is 4.23 Å². The van der Waals surface area contributed by atoms with Crippen LogP contribution in [0.25, 0.3) is 0 Å². The van der Waals surface area contributed by atoms with E-state index in [9.17, 15) is 4.79 Å². The van der Waals surface area contributed by atoms with Crippen molar-refractivity contribution in [3.63, 3.8) is 0 Å². The Kier molecular flexibility index (Phi) is 5.35. The van der Waals surface area contributed by atoms with E-state index in [1.165, 1.54) is 0 Å². The highest BCUT2D eigenvalue weighted by atomic mass is 28.4. The summed E-state index contributed by atoms with van der Waals surface area (Å²) >= 11 is 0. The van der Waals surface area contributed by atoms with Crippen molar-refractivity contribution in [3.05, 3.63) is 60.7 Å². The maximum atomic E-state index is 13.7. The molecule has 0 saturated carbocycles. The van der Waals surface area contributed by atoms with Gasteiger partial charge in [-0.25, -0.2) is 4.79 Å². The maximum absolute atomic E-state index is 13.7. The van der Waals surface area contributed by atoms with Gasteiger partial charge in [-0.2, -0.15) is 0 Å². The predicted octanol–water partition coefficient (Wildman–Crippen LogP) is 5.92. The number of benzene rings is 2. The van der Waals surface area contributed by atoms with Gasteiger partial charge in [0.2, 0.25) is 0 Å². The van der Waals surface area contributed by atoms with Gasteiger partial charge in [0.05, 0.1) is 11.4 Å². The molecule has 0 aromatic heterocycles. The van der Waals surface area contributed by atoms with Gasteiger partial charge < -0.3 is 4.23 Å². The zero-order chi connectivity index (χ0) is 18.0. The molecule has 2 amide bonds. The summed E-state index contributed by atoms with van der Waals surface area (Å²) in [6.45, 7) is 13.5. The molecular formula is C19H28N2OSi2. The number of urea groups is 1. The third kappa shape index (κ3) is 4.16. The number of hydrogen-bond acceptors (Lipinski definition) is 1. The number of amides is 2. The molecule has 0 unspecified atom stereocenters. The normalized spacial score (nSPS) is 11.9. The monoisotopic (exact) mass is 356 g/mol. The lowest BCUT2D eigenvalue weighted by molar-refractivity contribution is 0.242. The van der Waals surface area contributed by atoms with Crippen LogP contribution in [0.2, 0.25) is 39.3 Å². The van der Waals surface area contributed by atoms with E-state index in [1.54, 1.807) is 0 Å². The van der Waals surface area contributed by atoms with E-state index < -0.39 is 16.5 Å². The van der Waals surface area contributed by atoms with Crippen molar-refractivity contribution in [2.75, 3.05) is 4.90 Å². The van der Waals surface area contributed by atoms with E-state index in [-0.39, 0.29) is 6.03 Å². The Morgan fingerprint density at radius 2 is 1.00 bits per heavy atom. The van der Waals surface area contributed by atoms with Crippen molar-refractivity contribution in [2.45, 2.75) is 39.3 Å². The molecule has 5 heteroatoms. The third-order valence-corrected chi connectivity index (χ3v) is 10.8. The van der Waals surface area contributed by atoms with E-state index in [0.717, 1.165) is 11.4 Å². The summed E-state index contributed by atoms with van der Waals surface area (Å²) in [4.78, 5) is 15.5. The molecule has 128 valence electrons. The molecule has 2 rings (SSSR count). The molecule has 0 heterocycles. The summed E-state index contributed by atoms with van der Waals surface area (Å²) in [5, 5.41) is 0. The molecule has 24 heavy (non-hydrogen) atoms. The summed E-state index contributed by atoms with van der Waals surface area (Å²) in [5.74, 6) is 0. The number of rotatable bonds is 4. The molecule has 0 saturated heterocycles. The lowest BCUT2D eigenvalue weighted by atomic mass is 10.2. The van der Waals surface area contributed by atoms with Gasteiger partial charge in [0.1, 0.15) is 16.5 Å². The second-order valence-corrected chi connectivity index (χ2v) is 18.0. The average molecular weight is 357 g/mol. The minimum absolute atomic E-state index is 0.103. The van der Waals surface area contributed by atoms with E-state index in [0.29, 0.717) is 0 Å². The van der Waals surface area contributed by atoms with Crippen LogP contribution in [0, 0.1) is 0 Å². The number of hydrogen-bond donors (Lipinski definition) is 0. The van der Waals surface area contributed by atoms with E-state index in [1.807, 2.05) is 65.6 Å². The molecule has 0 aliphatic carbocycles. The summed E-state index contributed by atoms with van der Waals surface area (Å²) in [5.41, 5.74) is 1.82. The Hall–Kier alpha value is -1.86. The molecular weight excluding hydrogens is 328 g/mol. The SMILES string of the molecule is C[Si](C)(C)N(C(=O)N(c1ccccc1)c1ccccc1)[Si](C)(C)C. The van der Waals surface area contributed by atoms with E-state index >= 15 is 0 Å². The smallest absolute Gasteiger partial charge is 0.313 e. The number of carbonyl (C=O) groups is 1. The lowest BCUT2D eigenvalue weighted by Gasteiger charge is -2.46. The van der Waals surface area contributed by atoms with Crippen LogP contribution < -0.4 is 4.90 Å². The Balaban J connectivity index is 2.57. The van der Waals surface area contributed by atoms with Gasteiger partial charge in [-0.3, -0.25) is 4.90 Å². The Labute approximate surface area is 148 Å². The van der Waals surface area contributed by atoms with Crippen molar-refractivity contribution in [1.29, 1.82) is 0 Å². The van der Waals surface area contributed by atoms with Gasteiger partial charge in [0.25, 0.3) is 0 Å². The van der Waals surface area contributed by atoms with Gasteiger partial charge in [-0.05, 0) is 24.3 Å².